The van der Waals surface area contributed by atoms with Crippen LogP contribution in [0.4, 0.5) is 5.69 Å². The maximum atomic E-state index is 14.9. The Bertz CT molecular complexity index is 1690. The van der Waals surface area contributed by atoms with Crippen LogP contribution in [0.5, 0.6) is 5.75 Å². The molecule has 7 rings (SSSR count). The van der Waals surface area contributed by atoms with Crippen molar-refractivity contribution in [2.45, 2.75) is 31.1 Å². The number of hydrogen-bond acceptors (Lipinski definition) is 6. The highest BCUT2D eigenvalue weighted by Crippen LogP contribution is 2.64. The Kier molecular flexibility index (Phi) is 6.13. The van der Waals surface area contributed by atoms with Crippen molar-refractivity contribution < 1.29 is 24.3 Å². The maximum absolute atomic E-state index is 14.9. The highest BCUT2D eigenvalue weighted by Gasteiger charge is 2.70. The topological polar surface area (TPSA) is 116 Å². The minimum Gasteiger partial charge on any atom is -0.508 e. The number of nitrogens with zero attached hydrogens (tertiary/aromatic N) is 1. The van der Waals surface area contributed by atoms with Crippen molar-refractivity contribution >= 4 is 45.2 Å². The second-order valence-corrected chi connectivity index (χ2v) is 12.6. The fourth-order valence-electron chi connectivity index (χ4n) is 7.76. The lowest BCUT2D eigenvalue weighted by Crippen LogP contribution is -2.53. The van der Waals surface area contributed by atoms with E-state index < -0.39 is 46.8 Å². The van der Waals surface area contributed by atoms with Crippen molar-refractivity contribution in [1.82, 2.24) is 10.3 Å². The lowest BCUT2D eigenvalue weighted by molar-refractivity contribution is -0.138. The molecule has 2 heterocycles. The predicted octanol–water partition coefficient (Wildman–Crippen LogP) is 4.74. The van der Waals surface area contributed by atoms with E-state index in [9.17, 15) is 24.3 Å². The molecule has 3 fully saturated rings. The van der Waals surface area contributed by atoms with E-state index in [0.717, 1.165) is 16.1 Å². The van der Waals surface area contributed by atoms with Crippen LogP contribution in [-0.2, 0) is 24.6 Å². The monoisotopic (exact) mass is 625 g/mol. The number of hydrazine groups is 1. The number of aryl methyl sites for hydroxylation is 1. The molecule has 2 saturated heterocycles. The maximum Gasteiger partial charge on any atom is 0.260 e. The molecule has 0 bridgehead atoms. The second-order valence-electron chi connectivity index (χ2n) is 11.6. The van der Waals surface area contributed by atoms with Gasteiger partial charge in [0.2, 0.25) is 11.8 Å². The molecule has 0 spiro atoms. The standard InChI is InChI=1S/C33H28BrN3O5/c1-17-7-10-20(11-8-17)36-37-31(41)25-16-23-21(12-13-22-27(23)30(40)35-29(22)39)28(24-15-19(34)9-14-26(24)38)33(25,32(37)42)18-5-3-2-4-6-18/h2-12,14-15,22-23,25,27-28,36,38H,13,16H2,1H3,(H,35,39,40). The normalized spacial score (nSPS) is 29.9. The zero-order valence-electron chi connectivity index (χ0n) is 22.7. The molecule has 9 heteroatoms. The van der Waals surface area contributed by atoms with Gasteiger partial charge in [0, 0.05) is 16.0 Å². The molecule has 1 saturated carbocycles. The molecule has 3 aromatic rings. The van der Waals surface area contributed by atoms with Gasteiger partial charge in [-0.1, -0.05) is 75.6 Å². The summed E-state index contributed by atoms with van der Waals surface area (Å²) >= 11 is 3.53. The fourth-order valence-corrected chi connectivity index (χ4v) is 8.14. The molecule has 4 amide bonds. The van der Waals surface area contributed by atoms with Crippen LogP contribution in [0.15, 0.2) is 88.9 Å². The quantitative estimate of drug-likeness (QED) is 0.285. The Morgan fingerprint density at radius 3 is 2.43 bits per heavy atom. The van der Waals surface area contributed by atoms with E-state index in [-0.39, 0.29) is 24.0 Å². The largest absolute Gasteiger partial charge is 0.508 e. The van der Waals surface area contributed by atoms with Crippen LogP contribution in [0.25, 0.3) is 0 Å². The van der Waals surface area contributed by atoms with Gasteiger partial charge in [-0.2, -0.15) is 5.01 Å². The molecule has 2 aliphatic heterocycles. The summed E-state index contributed by atoms with van der Waals surface area (Å²) in [6.07, 6.45) is 2.51. The summed E-state index contributed by atoms with van der Waals surface area (Å²) in [5, 5.41) is 14.9. The first-order valence-corrected chi connectivity index (χ1v) is 14.8. The van der Waals surface area contributed by atoms with E-state index >= 15 is 0 Å². The van der Waals surface area contributed by atoms with Crippen LogP contribution in [0.1, 0.15) is 35.4 Å². The molecule has 3 aromatic carbocycles. The Balaban J connectivity index is 1.48. The van der Waals surface area contributed by atoms with E-state index in [1.165, 1.54) is 0 Å². The third kappa shape index (κ3) is 3.72. The minimum atomic E-state index is -1.41. The fraction of sp³-hybridized carbons (Fsp3) is 0.273. The Morgan fingerprint density at radius 1 is 0.952 bits per heavy atom. The van der Waals surface area contributed by atoms with Crippen molar-refractivity contribution in [3.63, 3.8) is 0 Å². The first kappa shape index (κ1) is 26.6. The SMILES string of the molecule is Cc1ccc(NN2C(=O)C3CC4C(=CCC5C(=O)NC(=O)C54)C(c4cc(Br)ccc4O)C3(c3ccccc3)C2=O)cc1. The van der Waals surface area contributed by atoms with Gasteiger partial charge < -0.3 is 5.11 Å². The van der Waals surface area contributed by atoms with Crippen molar-refractivity contribution in [2.75, 3.05) is 5.43 Å². The van der Waals surface area contributed by atoms with Crippen LogP contribution in [0.3, 0.4) is 0 Å². The summed E-state index contributed by atoms with van der Waals surface area (Å²) in [7, 11) is 0. The number of fused-ring (bicyclic) bond motifs is 4. The molecule has 212 valence electrons. The number of nitrogens with one attached hydrogen (secondary N) is 2. The highest BCUT2D eigenvalue weighted by molar-refractivity contribution is 9.10. The molecule has 42 heavy (non-hydrogen) atoms. The van der Waals surface area contributed by atoms with Gasteiger partial charge in [-0.15, -0.1) is 0 Å². The zero-order chi connectivity index (χ0) is 29.3. The Labute approximate surface area is 250 Å². The number of hydrogen-bond donors (Lipinski definition) is 3. The van der Waals surface area contributed by atoms with Gasteiger partial charge in [0.15, 0.2) is 0 Å². The number of aromatic hydroxyl groups is 1. The number of halogens is 1. The molecule has 8 nitrogen and oxygen atoms in total. The number of phenols is 1. The molecule has 0 aromatic heterocycles. The molecular formula is C33H28BrN3O5. The van der Waals surface area contributed by atoms with E-state index in [0.29, 0.717) is 27.7 Å². The lowest BCUT2D eigenvalue weighted by atomic mass is 9.49. The molecule has 6 atom stereocenters. The molecular weight excluding hydrogens is 598 g/mol. The van der Waals surface area contributed by atoms with Gasteiger partial charge in [-0.3, -0.25) is 29.9 Å². The number of benzene rings is 3. The molecule has 0 radical (unpaired) electrons. The van der Waals surface area contributed by atoms with Crippen LogP contribution < -0.4 is 10.7 Å². The summed E-state index contributed by atoms with van der Waals surface area (Å²) in [6.45, 7) is 1.95. The van der Waals surface area contributed by atoms with Gasteiger partial charge >= 0.3 is 0 Å². The van der Waals surface area contributed by atoms with Crippen LogP contribution in [0.2, 0.25) is 0 Å². The summed E-state index contributed by atoms with van der Waals surface area (Å²) in [5.74, 6) is -4.78. The van der Waals surface area contributed by atoms with Crippen LogP contribution in [-0.4, -0.2) is 33.7 Å². The number of rotatable bonds is 4. The third-order valence-corrected chi connectivity index (χ3v) is 10.0. The summed E-state index contributed by atoms with van der Waals surface area (Å²) in [6, 6.07) is 21.7. The number of anilines is 1. The molecule has 6 unspecified atom stereocenters. The summed E-state index contributed by atoms with van der Waals surface area (Å²) in [5.41, 5.74) is 5.21. The Hall–Kier alpha value is -4.24. The smallest absolute Gasteiger partial charge is 0.260 e. The van der Waals surface area contributed by atoms with E-state index in [2.05, 4.69) is 26.7 Å². The van der Waals surface area contributed by atoms with Crippen molar-refractivity contribution in [3.8, 4) is 5.75 Å². The van der Waals surface area contributed by atoms with Gasteiger partial charge in [0.05, 0.1) is 28.9 Å². The van der Waals surface area contributed by atoms with Gasteiger partial charge in [-0.05, 0) is 61.6 Å². The summed E-state index contributed by atoms with van der Waals surface area (Å²) < 4.78 is 0.701. The van der Waals surface area contributed by atoms with Gasteiger partial charge in [0.1, 0.15) is 5.75 Å². The second kappa shape index (κ2) is 9.66. The van der Waals surface area contributed by atoms with E-state index in [4.69, 9.17) is 0 Å². The van der Waals surface area contributed by atoms with E-state index in [1.807, 2.05) is 67.6 Å². The number of imide groups is 2. The molecule has 4 aliphatic rings. The zero-order valence-corrected chi connectivity index (χ0v) is 24.3. The average molecular weight is 627 g/mol. The first-order chi connectivity index (χ1) is 20.2. The molecule has 2 aliphatic carbocycles. The lowest BCUT2D eigenvalue weighted by Gasteiger charge is -2.50. The number of phenolic OH excluding ortho intramolecular Hbond substituents is 1. The van der Waals surface area contributed by atoms with E-state index in [1.54, 1.807) is 18.2 Å². The van der Waals surface area contributed by atoms with Gasteiger partial charge in [0.25, 0.3) is 11.8 Å². The number of carbonyl (C=O) groups excluding carboxylic acids is 4. The van der Waals surface area contributed by atoms with Crippen molar-refractivity contribution in [2.24, 2.45) is 23.7 Å². The summed E-state index contributed by atoms with van der Waals surface area (Å²) in [4.78, 5) is 55.2. The Morgan fingerprint density at radius 2 is 1.69 bits per heavy atom. The van der Waals surface area contributed by atoms with Crippen LogP contribution >= 0.6 is 15.9 Å². The predicted molar refractivity (Wildman–Crippen MR) is 158 cm³/mol. The van der Waals surface area contributed by atoms with Crippen molar-refractivity contribution in [3.05, 3.63) is 106 Å². The third-order valence-electron chi connectivity index (χ3n) is 9.54. The average Bonchev–Trinajstić information content (AvgIpc) is 3.40. The van der Waals surface area contributed by atoms with Crippen LogP contribution in [0, 0.1) is 30.6 Å². The minimum absolute atomic E-state index is 0.0157. The van der Waals surface area contributed by atoms with Crippen molar-refractivity contribution in [1.29, 1.82) is 0 Å². The van der Waals surface area contributed by atoms with Gasteiger partial charge in [-0.25, -0.2) is 0 Å². The first-order valence-electron chi connectivity index (χ1n) is 14.0. The number of carbonyl (C=O) groups is 4. The highest BCUT2D eigenvalue weighted by atomic mass is 79.9. The number of amides is 4. The number of allylic oxidation sites excluding steroid dienone is 2. The molecule has 3 N–H and O–H groups in total.